The highest BCUT2D eigenvalue weighted by Gasteiger charge is 2.29. The number of rotatable bonds is 10. The second kappa shape index (κ2) is 14.6. The minimum absolute atomic E-state index is 0.0637. The summed E-state index contributed by atoms with van der Waals surface area (Å²) in [6.07, 6.45) is 8.76. The number of nitrogens with one attached hydrogen (secondary N) is 2. The summed E-state index contributed by atoms with van der Waals surface area (Å²) in [7, 11) is 0. The van der Waals surface area contributed by atoms with Crippen LogP contribution >= 0.6 is 23.2 Å². The monoisotopic (exact) mass is 602 g/mol. The Kier molecular flexibility index (Phi) is 11.2. The van der Waals surface area contributed by atoms with Crippen molar-refractivity contribution in [2.45, 2.75) is 110 Å². The average Bonchev–Trinajstić information content (AvgIpc) is 2.93. The Morgan fingerprint density at radius 3 is 1.41 bits per heavy atom. The van der Waals surface area contributed by atoms with Crippen molar-refractivity contribution in [2.24, 2.45) is 11.8 Å². The molecule has 2 N–H and O–H groups in total. The lowest BCUT2D eigenvalue weighted by Gasteiger charge is -2.35. The summed E-state index contributed by atoms with van der Waals surface area (Å²) in [6, 6.07) is 11.3. The highest BCUT2D eigenvalue weighted by atomic mass is 35.5. The zero-order valence-corrected chi connectivity index (χ0v) is 26.2. The van der Waals surface area contributed by atoms with Gasteiger partial charge >= 0.3 is 0 Å². The number of ether oxygens (including phenoxy) is 2. The first-order chi connectivity index (χ1) is 19.6. The first-order valence-corrected chi connectivity index (χ1v) is 15.8. The van der Waals surface area contributed by atoms with Gasteiger partial charge in [0.2, 0.25) is 0 Å². The standard InChI is InChI=1S/C33H44Cl2N2O4/c1-20-17-26(34)9-15-30(20)40-22(3)32(38)36-28-11-5-24(6-12-28)19-25-7-13-29(14-8-25)37-33(39)23(4)41-31-16-10-27(35)18-21(31)2/h9-10,15-18,22-25,28-29H,5-8,11-14,19H2,1-4H3,(H,36,38)(H,37,39). The minimum atomic E-state index is -0.556. The van der Waals surface area contributed by atoms with Crippen LogP contribution in [0.15, 0.2) is 36.4 Å². The summed E-state index contributed by atoms with van der Waals surface area (Å²) >= 11 is 12.1. The number of benzene rings is 2. The Balaban J connectivity index is 1.12. The lowest BCUT2D eigenvalue weighted by Crippen LogP contribution is -2.44. The molecule has 41 heavy (non-hydrogen) atoms. The van der Waals surface area contributed by atoms with Crippen LogP contribution in [0.1, 0.15) is 82.8 Å². The van der Waals surface area contributed by atoms with Crippen LogP contribution in [0, 0.1) is 25.7 Å². The topological polar surface area (TPSA) is 76.7 Å². The largest absolute Gasteiger partial charge is 0.481 e. The SMILES string of the molecule is Cc1cc(Cl)ccc1OC(C)C(=O)NC1CCC(CC2CCC(NC(=O)C(C)Oc3ccc(Cl)cc3C)CC2)CC1. The van der Waals surface area contributed by atoms with Gasteiger partial charge in [0.05, 0.1) is 0 Å². The number of amides is 2. The van der Waals surface area contributed by atoms with Gasteiger partial charge in [0.25, 0.3) is 11.8 Å². The average molecular weight is 604 g/mol. The van der Waals surface area contributed by atoms with E-state index in [-0.39, 0.29) is 23.9 Å². The summed E-state index contributed by atoms with van der Waals surface area (Å²) in [5, 5.41) is 7.72. The van der Waals surface area contributed by atoms with Gasteiger partial charge in [0, 0.05) is 22.1 Å². The zero-order valence-electron chi connectivity index (χ0n) is 24.7. The Morgan fingerprint density at radius 2 is 1.07 bits per heavy atom. The van der Waals surface area contributed by atoms with Gasteiger partial charge in [-0.25, -0.2) is 0 Å². The Hall–Kier alpha value is -2.44. The molecule has 2 saturated carbocycles. The molecule has 0 spiro atoms. The molecule has 0 aliphatic heterocycles. The molecule has 4 rings (SSSR count). The highest BCUT2D eigenvalue weighted by Crippen LogP contribution is 2.35. The molecule has 2 amide bonds. The fourth-order valence-corrected chi connectivity index (χ4v) is 6.62. The molecule has 0 radical (unpaired) electrons. The van der Waals surface area contributed by atoms with E-state index < -0.39 is 12.2 Å². The van der Waals surface area contributed by atoms with E-state index in [9.17, 15) is 9.59 Å². The number of carbonyl (C=O) groups is 2. The molecule has 224 valence electrons. The number of aryl methyl sites for hydroxylation is 2. The van der Waals surface area contributed by atoms with Crippen molar-refractivity contribution in [3.8, 4) is 11.5 Å². The van der Waals surface area contributed by atoms with Crippen LogP contribution in [0.4, 0.5) is 0 Å². The second-order valence-electron chi connectivity index (χ2n) is 12.0. The maximum atomic E-state index is 12.8. The fraction of sp³-hybridized carbons (Fsp3) is 0.576. The van der Waals surface area contributed by atoms with Crippen molar-refractivity contribution in [2.75, 3.05) is 0 Å². The summed E-state index contributed by atoms with van der Waals surface area (Å²) < 4.78 is 11.8. The highest BCUT2D eigenvalue weighted by molar-refractivity contribution is 6.31. The van der Waals surface area contributed by atoms with E-state index in [1.165, 1.54) is 6.42 Å². The molecule has 2 aliphatic rings. The van der Waals surface area contributed by atoms with E-state index >= 15 is 0 Å². The van der Waals surface area contributed by atoms with Crippen molar-refractivity contribution in [3.05, 3.63) is 57.6 Å². The van der Waals surface area contributed by atoms with Crippen LogP contribution in [0.2, 0.25) is 10.0 Å². The van der Waals surface area contributed by atoms with Gasteiger partial charge in [-0.05, 0) is 145 Å². The predicted octanol–water partition coefficient (Wildman–Crippen LogP) is 7.59. The Labute approximate surface area is 254 Å². The van der Waals surface area contributed by atoms with Crippen LogP contribution in [0.25, 0.3) is 0 Å². The molecule has 0 bridgehead atoms. The van der Waals surface area contributed by atoms with E-state index in [0.717, 1.165) is 62.5 Å². The van der Waals surface area contributed by atoms with E-state index in [2.05, 4.69) is 10.6 Å². The molecule has 2 atom stereocenters. The molecule has 2 aromatic rings. The zero-order chi connectivity index (χ0) is 29.5. The van der Waals surface area contributed by atoms with E-state index in [1.807, 2.05) is 38.1 Å². The van der Waals surface area contributed by atoms with Crippen LogP contribution in [0.3, 0.4) is 0 Å². The molecule has 2 unspecified atom stereocenters. The normalized spacial score (nSPS) is 24.1. The van der Waals surface area contributed by atoms with Crippen molar-refractivity contribution >= 4 is 35.0 Å². The van der Waals surface area contributed by atoms with Gasteiger partial charge in [0.15, 0.2) is 12.2 Å². The lowest BCUT2D eigenvalue weighted by atomic mass is 9.75. The molecule has 0 aromatic heterocycles. The number of carbonyl (C=O) groups excluding carboxylic acids is 2. The molecule has 2 fully saturated rings. The smallest absolute Gasteiger partial charge is 0.260 e. The minimum Gasteiger partial charge on any atom is -0.481 e. The van der Waals surface area contributed by atoms with Crippen molar-refractivity contribution in [1.29, 1.82) is 0 Å². The van der Waals surface area contributed by atoms with E-state index in [0.29, 0.717) is 33.4 Å². The number of hydrogen-bond acceptors (Lipinski definition) is 4. The van der Waals surface area contributed by atoms with Crippen molar-refractivity contribution in [1.82, 2.24) is 10.6 Å². The third-order valence-corrected chi connectivity index (χ3v) is 9.14. The van der Waals surface area contributed by atoms with Crippen LogP contribution in [-0.2, 0) is 9.59 Å². The molecule has 6 nitrogen and oxygen atoms in total. The van der Waals surface area contributed by atoms with Gasteiger partial charge in [-0.1, -0.05) is 23.2 Å². The van der Waals surface area contributed by atoms with Crippen LogP contribution < -0.4 is 20.1 Å². The summed E-state index contributed by atoms with van der Waals surface area (Å²) in [5.74, 6) is 2.66. The molecule has 2 aromatic carbocycles. The second-order valence-corrected chi connectivity index (χ2v) is 12.9. The lowest BCUT2D eigenvalue weighted by molar-refractivity contribution is -0.128. The first-order valence-electron chi connectivity index (χ1n) is 15.0. The molecule has 2 aliphatic carbocycles. The molecular weight excluding hydrogens is 559 g/mol. The summed E-state index contributed by atoms with van der Waals surface area (Å²) in [4.78, 5) is 25.5. The van der Waals surface area contributed by atoms with Gasteiger partial charge in [-0.15, -0.1) is 0 Å². The van der Waals surface area contributed by atoms with Crippen LogP contribution in [0.5, 0.6) is 11.5 Å². The molecule has 0 heterocycles. The van der Waals surface area contributed by atoms with E-state index in [1.54, 1.807) is 26.0 Å². The summed E-state index contributed by atoms with van der Waals surface area (Å²) in [6.45, 7) is 7.44. The Morgan fingerprint density at radius 1 is 0.707 bits per heavy atom. The maximum Gasteiger partial charge on any atom is 0.260 e. The number of hydrogen-bond donors (Lipinski definition) is 2. The van der Waals surface area contributed by atoms with Gasteiger partial charge in [-0.3, -0.25) is 9.59 Å². The summed E-state index contributed by atoms with van der Waals surface area (Å²) in [5.41, 5.74) is 1.84. The maximum absolute atomic E-state index is 12.8. The first kappa shape index (κ1) is 31.5. The van der Waals surface area contributed by atoms with Gasteiger partial charge < -0.3 is 20.1 Å². The third kappa shape index (κ3) is 9.27. The molecular formula is C33H44Cl2N2O4. The molecule has 8 heteroatoms. The van der Waals surface area contributed by atoms with Crippen molar-refractivity contribution < 1.29 is 19.1 Å². The fourth-order valence-electron chi connectivity index (χ4n) is 6.17. The quantitative estimate of drug-likeness (QED) is 0.294. The Bertz CT molecular complexity index is 1100. The van der Waals surface area contributed by atoms with Crippen molar-refractivity contribution in [3.63, 3.8) is 0 Å². The molecule has 0 saturated heterocycles. The predicted molar refractivity (Wildman–Crippen MR) is 165 cm³/mol. The van der Waals surface area contributed by atoms with Gasteiger partial charge in [0.1, 0.15) is 11.5 Å². The van der Waals surface area contributed by atoms with Gasteiger partial charge in [-0.2, -0.15) is 0 Å². The third-order valence-electron chi connectivity index (χ3n) is 8.67. The van der Waals surface area contributed by atoms with Crippen LogP contribution in [-0.4, -0.2) is 36.1 Å². The number of halogens is 2. The van der Waals surface area contributed by atoms with E-state index in [4.69, 9.17) is 32.7 Å².